The standard InChI is InChI=1S/C11H20N2O/c1-5-10(14)12-9-6-7-13(8-9)11(2,3)4/h5,9H,1,6-8H2,2-4H3,(H,12,14). The number of nitrogens with one attached hydrogen (secondary N) is 1. The number of hydrogen-bond donors (Lipinski definition) is 1. The van der Waals surface area contributed by atoms with Gasteiger partial charge in [0.1, 0.15) is 0 Å². The first kappa shape index (κ1) is 11.2. The van der Waals surface area contributed by atoms with E-state index in [1.807, 2.05) is 0 Å². The third-order valence-corrected chi connectivity index (χ3v) is 2.67. The van der Waals surface area contributed by atoms with Gasteiger partial charge in [0.05, 0.1) is 0 Å². The van der Waals surface area contributed by atoms with Crippen molar-refractivity contribution in [1.82, 2.24) is 10.2 Å². The Morgan fingerprint density at radius 3 is 2.64 bits per heavy atom. The van der Waals surface area contributed by atoms with Gasteiger partial charge in [0, 0.05) is 24.7 Å². The number of likely N-dealkylation sites (tertiary alicyclic amines) is 1. The normalized spacial score (nSPS) is 23.5. The number of amides is 1. The Labute approximate surface area is 86.2 Å². The summed E-state index contributed by atoms with van der Waals surface area (Å²) in [5, 5.41) is 2.93. The van der Waals surface area contributed by atoms with Crippen LogP contribution in [0.3, 0.4) is 0 Å². The van der Waals surface area contributed by atoms with Gasteiger partial charge in [-0.2, -0.15) is 0 Å². The molecule has 3 nitrogen and oxygen atoms in total. The van der Waals surface area contributed by atoms with Crippen LogP contribution in [-0.4, -0.2) is 35.5 Å². The van der Waals surface area contributed by atoms with Crippen molar-refractivity contribution >= 4 is 5.91 Å². The van der Waals surface area contributed by atoms with Crippen LogP contribution in [0.15, 0.2) is 12.7 Å². The first-order valence-corrected chi connectivity index (χ1v) is 5.11. The predicted molar refractivity (Wildman–Crippen MR) is 58.1 cm³/mol. The van der Waals surface area contributed by atoms with Crippen molar-refractivity contribution in [3.05, 3.63) is 12.7 Å². The summed E-state index contributed by atoms with van der Waals surface area (Å²) in [5.74, 6) is -0.0641. The highest BCUT2D eigenvalue weighted by atomic mass is 16.1. The van der Waals surface area contributed by atoms with E-state index in [0.717, 1.165) is 19.5 Å². The lowest BCUT2D eigenvalue weighted by molar-refractivity contribution is -0.117. The van der Waals surface area contributed by atoms with Crippen LogP contribution in [0.1, 0.15) is 27.2 Å². The van der Waals surface area contributed by atoms with Crippen LogP contribution in [0.2, 0.25) is 0 Å². The van der Waals surface area contributed by atoms with Crippen LogP contribution < -0.4 is 5.32 Å². The van der Waals surface area contributed by atoms with Gasteiger partial charge in [-0.15, -0.1) is 0 Å². The largest absolute Gasteiger partial charge is 0.349 e. The number of hydrogen-bond acceptors (Lipinski definition) is 2. The van der Waals surface area contributed by atoms with Crippen molar-refractivity contribution in [3.8, 4) is 0 Å². The molecule has 14 heavy (non-hydrogen) atoms. The zero-order valence-corrected chi connectivity index (χ0v) is 9.34. The van der Waals surface area contributed by atoms with E-state index in [4.69, 9.17) is 0 Å². The molecule has 1 unspecified atom stereocenters. The Morgan fingerprint density at radius 2 is 2.21 bits per heavy atom. The maximum absolute atomic E-state index is 11.1. The Balaban J connectivity index is 2.42. The maximum Gasteiger partial charge on any atom is 0.243 e. The van der Waals surface area contributed by atoms with E-state index in [1.165, 1.54) is 6.08 Å². The van der Waals surface area contributed by atoms with Gasteiger partial charge in [-0.3, -0.25) is 9.69 Å². The van der Waals surface area contributed by atoms with Crippen molar-refractivity contribution in [2.75, 3.05) is 13.1 Å². The topological polar surface area (TPSA) is 32.3 Å². The molecule has 1 N–H and O–H groups in total. The minimum absolute atomic E-state index is 0.0641. The highest BCUT2D eigenvalue weighted by molar-refractivity contribution is 5.87. The zero-order chi connectivity index (χ0) is 10.8. The highest BCUT2D eigenvalue weighted by Gasteiger charge is 2.30. The molecule has 0 radical (unpaired) electrons. The zero-order valence-electron chi connectivity index (χ0n) is 9.34. The molecule has 3 heteroatoms. The second kappa shape index (κ2) is 4.13. The summed E-state index contributed by atoms with van der Waals surface area (Å²) in [4.78, 5) is 13.5. The molecule has 1 amide bonds. The molecule has 0 aliphatic carbocycles. The fourth-order valence-corrected chi connectivity index (χ4v) is 1.75. The van der Waals surface area contributed by atoms with Crippen LogP contribution in [0, 0.1) is 0 Å². The summed E-state index contributed by atoms with van der Waals surface area (Å²) in [6.45, 7) is 12.1. The van der Waals surface area contributed by atoms with E-state index >= 15 is 0 Å². The summed E-state index contributed by atoms with van der Waals surface area (Å²) in [7, 11) is 0. The molecule has 0 aromatic carbocycles. The van der Waals surface area contributed by atoms with E-state index in [9.17, 15) is 4.79 Å². The Hall–Kier alpha value is -0.830. The summed E-state index contributed by atoms with van der Waals surface area (Å²) in [5.41, 5.74) is 0.202. The second-order valence-electron chi connectivity index (χ2n) is 4.82. The lowest BCUT2D eigenvalue weighted by atomic mass is 10.1. The molecule has 0 aromatic heterocycles. The van der Waals surface area contributed by atoms with Crippen molar-refractivity contribution < 1.29 is 4.79 Å². The number of carbonyl (C=O) groups is 1. The van der Waals surface area contributed by atoms with Gasteiger partial charge in [0.15, 0.2) is 0 Å². The van der Waals surface area contributed by atoms with Crippen molar-refractivity contribution in [2.24, 2.45) is 0 Å². The monoisotopic (exact) mass is 196 g/mol. The lowest BCUT2D eigenvalue weighted by Crippen LogP contribution is -2.42. The van der Waals surface area contributed by atoms with Crippen LogP contribution in [0.25, 0.3) is 0 Å². The van der Waals surface area contributed by atoms with E-state index in [1.54, 1.807) is 0 Å². The molecule has 1 fully saturated rings. The summed E-state index contributed by atoms with van der Waals surface area (Å²) in [6, 6.07) is 0.291. The van der Waals surface area contributed by atoms with Crippen LogP contribution in [-0.2, 0) is 4.79 Å². The second-order valence-corrected chi connectivity index (χ2v) is 4.82. The summed E-state index contributed by atoms with van der Waals surface area (Å²) < 4.78 is 0. The Kier molecular flexibility index (Phi) is 3.32. The average Bonchev–Trinajstić information content (AvgIpc) is 2.51. The molecule has 1 aliphatic heterocycles. The van der Waals surface area contributed by atoms with Crippen molar-refractivity contribution in [3.63, 3.8) is 0 Å². The van der Waals surface area contributed by atoms with Crippen molar-refractivity contribution in [2.45, 2.75) is 38.8 Å². The van der Waals surface area contributed by atoms with Crippen LogP contribution in [0.5, 0.6) is 0 Å². The maximum atomic E-state index is 11.1. The molecule has 1 aliphatic rings. The minimum Gasteiger partial charge on any atom is -0.349 e. The first-order valence-electron chi connectivity index (χ1n) is 5.11. The molecule has 1 rings (SSSR count). The molecular weight excluding hydrogens is 176 g/mol. The smallest absolute Gasteiger partial charge is 0.243 e. The van der Waals surface area contributed by atoms with Crippen molar-refractivity contribution in [1.29, 1.82) is 0 Å². The van der Waals surface area contributed by atoms with Gasteiger partial charge in [0.25, 0.3) is 0 Å². The van der Waals surface area contributed by atoms with Gasteiger partial charge in [0.2, 0.25) is 5.91 Å². The highest BCUT2D eigenvalue weighted by Crippen LogP contribution is 2.20. The SMILES string of the molecule is C=CC(=O)NC1CCN(C(C)(C)C)C1. The fraction of sp³-hybridized carbons (Fsp3) is 0.727. The molecule has 1 saturated heterocycles. The summed E-state index contributed by atoms with van der Waals surface area (Å²) in [6.07, 6.45) is 2.37. The van der Waals surface area contributed by atoms with E-state index < -0.39 is 0 Å². The summed E-state index contributed by atoms with van der Waals surface area (Å²) >= 11 is 0. The van der Waals surface area contributed by atoms with Gasteiger partial charge < -0.3 is 5.32 Å². The molecular formula is C11H20N2O. The first-order chi connectivity index (χ1) is 6.43. The molecule has 0 saturated carbocycles. The number of carbonyl (C=O) groups excluding carboxylic acids is 1. The fourth-order valence-electron chi connectivity index (χ4n) is 1.75. The van der Waals surface area contributed by atoms with Gasteiger partial charge in [-0.05, 0) is 33.3 Å². The molecule has 1 atom stereocenters. The van der Waals surface area contributed by atoms with Crippen LogP contribution >= 0.6 is 0 Å². The van der Waals surface area contributed by atoms with E-state index in [-0.39, 0.29) is 11.4 Å². The van der Waals surface area contributed by atoms with Gasteiger partial charge in [-0.25, -0.2) is 0 Å². The lowest BCUT2D eigenvalue weighted by Gasteiger charge is -2.31. The molecule has 0 aromatic rings. The molecule has 80 valence electrons. The quantitative estimate of drug-likeness (QED) is 0.672. The Morgan fingerprint density at radius 1 is 1.57 bits per heavy atom. The Bertz CT molecular complexity index is 230. The molecule has 0 bridgehead atoms. The predicted octanol–water partition coefficient (Wildman–Crippen LogP) is 1.16. The molecule has 1 heterocycles. The number of nitrogens with zero attached hydrogens (tertiary/aromatic N) is 1. The van der Waals surface area contributed by atoms with Crippen LogP contribution in [0.4, 0.5) is 0 Å². The van der Waals surface area contributed by atoms with E-state index in [2.05, 4.69) is 37.6 Å². The van der Waals surface area contributed by atoms with Gasteiger partial charge in [-0.1, -0.05) is 6.58 Å². The third kappa shape index (κ3) is 2.84. The minimum atomic E-state index is -0.0641. The molecule has 0 spiro atoms. The van der Waals surface area contributed by atoms with E-state index in [0.29, 0.717) is 6.04 Å². The average molecular weight is 196 g/mol. The number of rotatable bonds is 2. The third-order valence-electron chi connectivity index (χ3n) is 2.67. The van der Waals surface area contributed by atoms with Gasteiger partial charge >= 0.3 is 0 Å².